The van der Waals surface area contributed by atoms with Crippen molar-refractivity contribution < 1.29 is 22.8 Å². The van der Waals surface area contributed by atoms with Gasteiger partial charge in [-0.2, -0.15) is 4.98 Å². The summed E-state index contributed by atoms with van der Waals surface area (Å²) in [6.45, 7) is 2.49. The molecule has 0 fully saturated rings. The summed E-state index contributed by atoms with van der Waals surface area (Å²) in [5.41, 5.74) is 1.12. The molecule has 158 valence electrons. The van der Waals surface area contributed by atoms with E-state index >= 15 is 0 Å². The fourth-order valence-electron chi connectivity index (χ4n) is 2.59. The third-order valence-corrected chi connectivity index (χ3v) is 4.39. The minimum Gasteiger partial charge on any atom is -0.484 e. The van der Waals surface area contributed by atoms with Crippen molar-refractivity contribution in [1.29, 1.82) is 0 Å². The van der Waals surface area contributed by atoms with E-state index in [9.17, 15) is 13.6 Å². The Bertz CT molecular complexity index is 992. The van der Waals surface area contributed by atoms with Crippen LogP contribution in [-0.4, -0.2) is 34.7 Å². The Kier molecular flexibility index (Phi) is 6.95. The summed E-state index contributed by atoms with van der Waals surface area (Å²) in [5, 5.41) is 6.26. The first-order valence-electron chi connectivity index (χ1n) is 9.45. The van der Waals surface area contributed by atoms with Crippen molar-refractivity contribution >= 4 is 11.7 Å². The van der Waals surface area contributed by atoms with Crippen LogP contribution in [0.25, 0.3) is 0 Å². The number of rotatable bonds is 8. The van der Waals surface area contributed by atoms with Crippen molar-refractivity contribution in [2.45, 2.75) is 26.4 Å². The Labute approximate surface area is 172 Å². The average Bonchev–Trinajstić information content (AvgIpc) is 3.20. The maximum atomic E-state index is 13.6. The van der Waals surface area contributed by atoms with Crippen LogP contribution in [0, 0.1) is 11.6 Å². The number of carbonyl (C=O) groups excluding carboxylic acids is 1. The van der Waals surface area contributed by atoms with Crippen LogP contribution in [0.5, 0.6) is 5.75 Å². The number of nitrogens with one attached hydrogen (secondary N) is 1. The van der Waals surface area contributed by atoms with Gasteiger partial charge in [0.1, 0.15) is 17.4 Å². The second-order valence-corrected chi connectivity index (χ2v) is 6.62. The molecule has 0 spiro atoms. The molecular weight excluding hydrogens is 394 g/mol. The number of likely N-dealkylation sites (N-methyl/N-ethyl adjacent to an activating group) is 1. The molecule has 0 saturated heterocycles. The van der Waals surface area contributed by atoms with Gasteiger partial charge in [-0.05, 0) is 36.2 Å². The van der Waals surface area contributed by atoms with Gasteiger partial charge in [-0.25, -0.2) is 13.6 Å². The van der Waals surface area contributed by atoms with E-state index in [4.69, 9.17) is 9.26 Å². The molecular formula is C21H22F2N4O3. The topological polar surface area (TPSA) is 80.5 Å². The van der Waals surface area contributed by atoms with E-state index in [0.29, 0.717) is 30.0 Å². The van der Waals surface area contributed by atoms with E-state index in [1.807, 2.05) is 24.3 Å². The lowest BCUT2D eigenvalue weighted by molar-refractivity contribution is 0.222. The zero-order valence-corrected chi connectivity index (χ0v) is 16.7. The zero-order valence-electron chi connectivity index (χ0n) is 16.7. The van der Waals surface area contributed by atoms with Crippen molar-refractivity contribution in [3.63, 3.8) is 0 Å². The average molecular weight is 416 g/mol. The molecule has 0 radical (unpaired) electrons. The molecule has 0 aliphatic carbocycles. The number of anilines is 1. The quantitative estimate of drug-likeness (QED) is 0.595. The minimum absolute atomic E-state index is 0.0979. The Balaban J connectivity index is 1.46. The van der Waals surface area contributed by atoms with Crippen molar-refractivity contribution in [3.05, 3.63) is 71.4 Å². The molecule has 30 heavy (non-hydrogen) atoms. The standard InChI is InChI=1S/C21H22F2N4O3/c1-3-14-4-7-16(8-5-14)29-13-20-25-19(26-30-20)10-11-27(2)21(28)24-18-9-6-15(22)12-17(18)23/h4-9,12H,3,10-11,13H2,1-2H3,(H,24,28). The first-order chi connectivity index (χ1) is 14.4. The number of halogens is 2. The first-order valence-corrected chi connectivity index (χ1v) is 9.45. The van der Waals surface area contributed by atoms with E-state index in [1.54, 1.807) is 7.05 Å². The molecule has 0 unspecified atom stereocenters. The lowest BCUT2D eigenvalue weighted by Gasteiger charge is -2.17. The summed E-state index contributed by atoms with van der Waals surface area (Å²) in [5.74, 6) is -0.110. The van der Waals surface area contributed by atoms with Crippen LogP contribution in [-0.2, 0) is 19.4 Å². The van der Waals surface area contributed by atoms with E-state index < -0.39 is 17.7 Å². The van der Waals surface area contributed by atoms with Crippen molar-refractivity contribution in [2.75, 3.05) is 18.9 Å². The van der Waals surface area contributed by atoms with E-state index in [2.05, 4.69) is 22.4 Å². The van der Waals surface area contributed by atoms with Gasteiger partial charge in [0, 0.05) is 26.1 Å². The molecule has 2 amide bonds. The highest BCUT2D eigenvalue weighted by Gasteiger charge is 2.14. The van der Waals surface area contributed by atoms with Gasteiger partial charge in [-0.3, -0.25) is 0 Å². The van der Waals surface area contributed by atoms with Crippen LogP contribution in [0.15, 0.2) is 47.0 Å². The second kappa shape index (κ2) is 9.82. The number of aryl methyl sites for hydroxylation is 1. The number of hydrogen-bond acceptors (Lipinski definition) is 5. The van der Waals surface area contributed by atoms with Gasteiger partial charge in [0.15, 0.2) is 12.4 Å². The highest BCUT2D eigenvalue weighted by molar-refractivity contribution is 5.89. The van der Waals surface area contributed by atoms with Crippen molar-refractivity contribution in [1.82, 2.24) is 15.0 Å². The predicted molar refractivity (Wildman–Crippen MR) is 106 cm³/mol. The fraction of sp³-hybridized carbons (Fsp3) is 0.286. The number of urea groups is 1. The van der Waals surface area contributed by atoms with Crippen LogP contribution in [0.2, 0.25) is 0 Å². The summed E-state index contributed by atoms with van der Waals surface area (Å²) in [6, 6.07) is 10.2. The largest absolute Gasteiger partial charge is 0.484 e. The number of amides is 2. The molecule has 0 saturated carbocycles. The van der Waals surface area contributed by atoms with Gasteiger partial charge < -0.3 is 19.5 Å². The van der Waals surface area contributed by atoms with Crippen LogP contribution in [0.4, 0.5) is 19.3 Å². The number of ether oxygens (including phenoxy) is 1. The molecule has 1 aromatic heterocycles. The molecule has 7 nitrogen and oxygen atoms in total. The van der Waals surface area contributed by atoms with Gasteiger partial charge in [0.25, 0.3) is 5.89 Å². The summed E-state index contributed by atoms with van der Waals surface area (Å²) in [4.78, 5) is 17.7. The zero-order chi connectivity index (χ0) is 21.5. The van der Waals surface area contributed by atoms with Gasteiger partial charge in [-0.15, -0.1) is 0 Å². The summed E-state index contributed by atoms with van der Waals surface area (Å²) in [6.07, 6.45) is 1.29. The molecule has 1 N–H and O–H groups in total. The van der Waals surface area contributed by atoms with E-state index in [0.717, 1.165) is 18.6 Å². The molecule has 1 heterocycles. The number of carbonyl (C=O) groups is 1. The molecule has 0 atom stereocenters. The van der Waals surface area contributed by atoms with Crippen LogP contribution < -0.4 is 10.1 Å². The predicted octanol–water partition coefficient (Wildman–Crippen LogP) is 4.20. The monoisotopic (exact) mass is 416 g/mol. The Hall–Kier alpha value is -3.49. The van der Waals surface area contributed by atoms with Crippen LogP contribution in [0.1, 0.15) is 24.2 Å². The summed E-state index contributed by atoms with van der Waals surface area (Å²) >= 11 is 0. The second-order valence-electron chi connectivity index (χ2n) is 6.62. The van der Waals surface area contributed by atoms with Gasteiger partial charge >= 0.3 is 6.03 Å². The number of hydrogen-bond donors (Lipinski definition) is 1. The SMILES string of the molecule is CCc1ccc(OCc2nc(CCN(C)C(=O)Nc3ccc(F)cc3F)no2)cc1. The number of aromatic nitrogens is 2. The smallest absolute Gasteiger partial charge is 0.321 e. The maximum Gasteiger partial charge on any atom is 0.321 e. The Morgan fingerprint density at radius 2 is 1.97 bits per heavy atom. The molecule has 0 aliphatic rings. The molecule has 3 rings (SSSR count). The first kappa shape index (κ1) is 21.2. The van der Waals surface area contributed by atoms with Crippen molar-refractivity contribution in [3.8, 4) is 5.75 Å². The molecule has 0 bridgehead atoms. The minimum atomic E-state index is -0.844. The molecule has 2 aromatic carbocycles. The van der Waals surface area contributed by atoms with E-state index in [-0.39, 0.29) is 18.8 Å². The lowest BCUT2D eigenvalue weighted by atomic mass is 10.2. The molecule has 0 aliphatic heterocycles. The molecule has 9 heteroatoms. The fourth-order valence-corrected chi connectivity index (χ4v) is 2.59. The summed E-state index contributed by atoms with van der Waals surface area (Å²) in [7, 11) is 1.54. The summed E-state index contributed by atoms with van der Waals surface area (Å²) < 4.78 is 37.4. The van der Waals surface area contributed by atoms with Crippen LogP contribution in [0.3, 0.4) is 0 Å². The lowest BCUT2D eigenvalue weighted by Crippen LogP contribution is -2.33. The van der Waals surface area contributed by atoms with Crippen LogP contribution >= 0.6 is 0 Å². The normalized spacial score (nSPS) is 10.7. The van der Waals surface area contributed by atoms with E-state index in [1.165, 1.54) is 10.5 Å². The van der Waals surface area contributed by atoms with Crippen molar-refractivity contribution in [2.24, 2.45) is 0 Å². The maximum absolute atomic E-state index is 13.6. The third-order valence-electron chi connectivity index (χ3n) is 4.39. The van der Waals surface area contributed by atoms with Gasteiger partial charge in [0.05, 0.1) is 5.69 Å². The highest BCUT2D eigenvalue weighted by Crippen LogP contribution is 2.16. The third kappa shape index (κ3) is 5.76. The Morgan fingerprint density at radius 1 is 1.20 bits per heavy atom. The molecule has 3 aromatic rings. The Morgan fingerprint density at radius 3 is 2.67 bits per heavy atom. The van der Waals surface area contributed by atoms with Gasteiger partial charge in [0.2, 0.25) is 0 Å². The highest BCUT2D eigenvalue weighted by atomic mass is 19.1. The number of nitrogens with zero attached hydrogens (tertiary/aromatic N) is 3. The van der Waals surface area contributed by atoms with Gasteiger partial charge in [-0.1, -0.05) is 24.2 Å². The number of benzene rings is 2.